The van der Waals surface area contributed by atoms with Crippen LogP contribution in [0.2, 0.25) is 0 Å². The van der Waals surface area contributed by atoms with Crippen LogP contribution in [0, 0.1) is 0 Å². The topological polar surface area (TPSA) is 73.2 Å². The second kappa shape index (κ2) is 8.31. The number of thioether (sulfide) groups is 1. The second-order valence-electron chi connectivity index (χ2n) is 4.17. The van der Waals surface area contributed by atoms with Crippen LogP contribution < -0.4 is 10.9 Å². The monoisotopic (exact) mass is 363 g/mol. The average molecular weight is 364 g/mol. The van der Waals surface area contributed by atoms with Gasteiger partial charge in [-0.2, -0.15) is 16.9 Å². The van der Waals surface area contributed by atoms with Crippen molar-refractivity contribution in [3.63, 3.8) is 0 Å². The van der Waals surface area contributed by atoms with Gasteiger partial charge in [0, 0.05) is 11.8 Å². The Kier molecular flexibility index (Phi) is 7.08. The van der Waals surface area contributed by atoms with Crippen molar-refractivity contribution in [1.29, 1.82) is 0 Å². The molecule has 1 aromatic rings. The molecule has 1 heterocycles. The molecule has 0 aliphatic rings. The highest BCUT2D eigenvalue weighted by atomic mass is 79.9. The minimum absolute atomic E-state index is 0.197. The van der Waals surface area contributed by atoms with E-state index in [9.17, 15) is 9.59 Å². The maximum Gasteiger partial charge on any atom is 0.327 e. The SMILES string of the molecule is COC(=O)Cn1ncc(NCCC(C)SC)c(Br)c1=O. The highest BCUT2D eigenvalue weighted by Crippen LogP contribution is 2.17. The van der Waals surface area contributed by atoms with Gasteiger partial charge in [-0.25, -0.2) is 4.68 Å². The van der Waals surface area contributed by atoms with Crippen LogP contribution in [0.4, 0.5) is 5.69 Å². The van der Waals surface area contributed by atoms with Crippen LogP contribution in [0.15, 0.2) is 15.5 Å². The molecule has 0 aliphatic heterocycles. The Balaban J connectivity index is 2.74. The molecule has 0 saturated heterocycles. The van der Waals surface area contributed by atoms with Gasteiger partial charge in [-0.1, -0.05) is 6.92 Å². The average Bonchev–Trinajstić information content (AvgIpc) is 2.45. The molecule has 0 saturated carbocycles. The fourth-order valence-electron chi connectivity index (χ4n) is 1.42. The number of carbonyl (C=O) groups excluding carboxylic acids is 1. The number of rotatable bonds is 7. The number of anilines is 1. The molecule has 112 valence electrons. The van der Waals surface area contributed by atoms with Crippen molar-refractivity contribution >= 4 is 39.3 Å². The molecule has 8 heteroatoms. The van der Waals surface area contributed by atoms with Gasteiger partial charge in [0.15, 0.2) is 0 Å². The van der Waals surface area contributed by atoms with E-state index in [2.05, 4.69) is 44.3 Å². The van der Waals surface area contributed by atoms with E-state index in [1.165, 1.54) is 13.3 Å². The smallest absolute Gasteiger partial charge is 0.327 e. The summed E-state index contributed by atoms with van der Waals surface area (Å²) in [5.74, 6) is -0.513. The molecule has 0 aromatic carbocycles. The van der Waals surface area contributed by atoms with E-state index in [0.717, 1.165) is 17.6 Å². The van der Waals surface area contributed by atoms with E-state index in [1.54, 1.807) is 11.8 Å². The zero-order valence-electron chi connectivity index (χ0n) is 11.7. The summed E-state index contributed by atoms with van der Waals surface area (Å²) in [4.78, 5) is 23.2. The Morgan fingerprint density at radius 3 is 2.95 bits per heavy atom. The van der Waals surface area contributed by atoms with Gasteiger partial charge in [0.2, 0.25) is 0 Å². The van der Waals surface area contributed by atoms with Crippen molar-refractivity contribution < 1.29 is 9.53 Å². The summed E-state index contributed by atoms with van der Waals surface area (Å²) >= 11 is 5.03. The Morgan fingerprint density at radius 1 is 1.65 bits per heavy atom. The van der Waals surface area contributed by atoms with Crippen molar-refractivity contribution in [2.45, 2.75) is 25.1 Å². The summed E-state index contributed by atoms with van der Waals surface area (Å²) in [6, 6.07) is 0. The van der Waals surface area contributed by atoms with Crippen LogP contribution in [0.1, 0.15) is 13.3 Å². The Bertz CT molecular complexity index is 521. The number of aromatic nitrogens is 2. The van der Waals surface area contributed by atoms with E-state index in [1.807, 2.05) is 0 Å². The molecule has 1 N–H and O–H groups in total. The molecular weight excluding hydrogens is 346 g/mol. The lowest BCUT2D eigenvalue weighted by Crippen LogP contribution is -2.28. The molecule has 0 fully saturated rings. The lowest BCUT2D eigenvalue weighted by molar-refractivity contribution is -0.141. The number of ether oxygens (including phenoxy) is 1. The van der Waals surface area contributed by atoms with E-state index >= 15 is 0 Å². The van der Waals surface area contributed by atoms with Gasteiger partial charge in [-0.3, -0.25) is 9.59 Å². The van der Waals surface area contributed by atoms with Crippen LogP contribution in [0.3, 0.4) is 0 Å². The first-order valence-corrected chi connectivity index (χ1v) is 8.16. The minimum Gasteiger partial charge on any atom is -0.468 e. The summed E-state index contributed by atoms with van der Waals surface area (Å²) in [6.45, 7) is 2.70. The third kappa shape index (κ3) is 4.82. The molecular formula is C12H18BrN3O3S. The van der Waals surface area contributed by atoms with Gasteiger partial charge in [0.1, 0.15) is 11.0 Å². The van der Waals surface area contributed by atoms with Crippen LogP contribution in [0.25, 0.3) is 0 Å². The van der Waals surface area contributed by atoms with Gasteiger partial charge in [-0.05, 0) is 28.6 Å². The minimum atomic E-state index is -0.513. The third-order valence-electron chi connectivity index (χ3n) is 2.76. The molecule has 0 bridgehead atoms. The number of hydrogen-bond donors (Lipinski definition) is 1. The number of carbonyl (C=O) groups is 1. The summed E-state index contributed by atoms with van der Waals surface area (Å²) in [5.41, 5.74) is 0.266. The summed E-state index contributed by atoms with van der Waals surface area (Å²) in [6.07, 6.45) is 4.58. The molecule has 1 rings (SSSR count). The fraction of sp³-hybridized carbons (Fsp3) is 0.583. The predicted octanol–water partition coefficient (Wildman–Crippen LogP) is 1.73. The second-order valence-corrected chi connectivity index (χ2v) is 6.24. The van der Waals surface area contributed by atoms with Gasteiger partial charge in [-0.15, -0.1) is 0 Å². The van der Waals surface area contributed by atoms with Crippen LogP contribution in [-0.2, 0) is 16.1 Å². The van der Waals surface area contributed by atoms with E-state index in [4.69, 9.17) is 0 Å². The van der Waals surface area contributed by atoms with Crippen molar-refractivity contribution in [1.82, 2.24) is 9.78 Å². The third-order valence-corrected chi connectivity index (χ3v) is 4.57. The Hall–Kier alpha value is -1.02. The summed E-state index contributed by atoms with van der Waals surface area (Å²) < 4.78 is 5.94. The molecule has 0 amide bonds. The highest BCUT2D eigenvalue weighted by molar-refractivity contribution is 9.10. The lowest BCUT2D eigenvalue weighted by atomic mass is 10.3. The van der Waals surface area contributed by atoms with E-state index in [-0.39, 0.29) is 12.1 Å². The first-order valence-electron chi connectivity index (χ1n) is 6.08. The highest BCUT2D eigenvalue weighted by Gasteiger charge is 2.11. The van der Waals surface area contributed by atoms with E-state index in [0.29, 0.717) is 15.4 Å². The molecule has 0 spiro atoms. The van der Waals surface area contributed by atoms with Gasteiger partial charge in [0.25, 0.3) is 5.56 Å². The number of halogens is 1. The molecule has 6 nitrogen and oxygen atoms in total. The first kappa shape index (κ1) is 17.0. The molecule has 1 unspecified atom stereocenters. The molecule has 0 aliphatic carbocycles. The van der Waals surface area contributed by atoms with E-state index < -0.39 is 5.97 Å². The van der Waals surface area contributed by atoms with Crippen molar-refractivity contribution in [2.75, 3.05) is 25.2 Å². The van der Waals surface area contributed by atoms with Crippen LogP contribution >= 0.6 is 27.7 Å². The predicted molar refractivity (Wildman–Crippen MR) is 84.3 cm³/mol. The lowest BCUT2D eigenvalue weighted by Gasteiger charge is -2.12. The summed E-state index contributed by atoms with van der Waals surface area (Å²) in [7, 11) is 1.27. The first-order chi connectivity index (χ1) is 9.49. The largest absolute Gasteiger partial charge is 0.468 e. The van der Waals surface area contributed by atoms with Crippen molar-refractivity contribution in [3.8, 4) is 0 Å². The molecule has 1 aromatic heterocycles. The standard InChI is InChI=1S/C12H18BrN3O3S/c1-8(20-3)4-5-14-9-6-15-16(7-10(17)19-2)12(18)11(9)13/h6,8,14H,4-5,7H2,1-3H3. The number of esters is 1. The van der Waals surface area contributed by atoms with Crippen molar-refractivity contribution in [3.05, 3.63) is 21.0 Å². The number of methoxy groups -OCH3 is 1. The normalized spacial score (nSPS) is 12.0. The van der Waals surface area contributed by atoms with Gasteiger partial charge < -0.3 is 10.1 Å². The number of nitrogens with one attached hydrogen (secondary N) is 1. The maximum absolute atomic E-state index is 12.0. The number of nitrogens with zero attached hydrogens (tertiary/aromatic N) is 2. The van der Waals surface area contributed by atoms with Gasteiger partial charge >= 0.3 is 5.97 Å². The number of hydrogen-bond acceptors (Lipinski definition) is 6. The van der Waals surface area contributed by atoms with Crippen LogP contribution in [0.5, 0.6) is 0 Å². The quantitative estimate of drug-likeness (QED) is 0.743. The molecule has 0 radical (unpaired) electrons. The molecule has 20 heavy (non-hydrogen) atoms. The Labute approximate surface area is 130 Å². The van der Waals surface area contributed by atoms with Crippen molar-refractivity contribution in [2.24, 2.45) is 0 Å². The van der Waals surface area contributed by atoms with Gasteiger partial charge in [0.05, 0.1) is 19.0 Å². The fourth-order valence-corrected chi connectivity index (χ4v) is 2.22. The molecule has 1 atom stereocenters. The van der Waals surface area contributed by atoms with Crippen LogP contribution in [-0.4, -0.2) is 40.9 Å². The zero-order valence-corrected chi connectivity index (χ0v) is 14.1. The zero-order chi connectivity index (χ0) is 15.1. The Morgan fingerprint density at radius 2 is 2.35 bits per heavy atom. The maximum atomic E-state index is 12.0. The summed E-state index contributed by atoms with van der Waals surface area (Å²) in [5, 5.41) is 7.66.